The zero-order valence-corrected chi connectivity index (χ0v) is 13.6. The van der Waals surface area contributed by atoms with Crippen LogP contribution in [-0.4, -0.2) is 27.1 Å². The average Bonchev–Trinajstić information content (AvgIpc) is 2.54. The van der Waals surface area contributed by atoms with E-state index in [-0.39, 0.29) is 17.5 Å². The fraction of sp³-hybridized carbons (Fsp3) is 0.188. The summed E-state index contributed by atoms with van der Waals surface area (Å²) in [4.78, 5) is 13.8. The summed E-state index contributed by atoms with van der Waals surface area (Å²) in [6.07, 6.45) is 0. The molecule has 0 aliphatic carbocycles. The Hall–Kier alpha value is -2.41. The fourth-order valence-corrected chi connectivity index (χ4v) is 2.57. The van der Waals surface area contributed by atoms with Gasteiger partial charge in [-0.05, 0) is 49.4 Å². The van der Waals surface area contributed by atoms with E-state index in [0.29, 0.717) is 16.9 Å². The summed E-state index contributed by atoms with van der Waals surface area (Å²) >= 11 is 0. The molecular weight excluding hydrogens is 319 g/mol. The smallest absolute Gasteiger partial charge is 0.258 e. The highest BCUT2D eigenvalue weighted by Gasteiger charge is 2.15. The standard InChI is InChI=1S/C16H17FN2O3S/c1-3-23(21,22)18-14-6-4-5-12(11-14)16(20)19(2)15-9-7-13(17)8-10-15/h4-11,18H,3H2,1-2H3. The lowest BCUT2D eigenvalue weighted by molar-refractivity contribution is 0.0993. The molecule has 0 spiro atoms. The first kappa shape index (κ1) is 17.0. The average molecular weight is 336 g/mol. The molecule has 0 bridgehead atoms. The van der Waals surface area contributed by atoms with Crippen molar-refractivity contribution in [3.63, 3.8) is 0 Å². The van der Waals surface area contributed by atoms with Gasteiger partial charge in [0.25, 0.3) is 5.91 Å². The van der Waals surface area contributed by atoms with Crippen LogP contribution >= 0.6 is 0 Å². The summed E-state index contributed by atoms with van der Waals surface area (Å²) in [7, 11) is -1.84. The van der Waals surface area contributed by atoms with Crippen LogP contribution in [0.3, 0.4) is 0 Å². The summed E-state index contributed by atoms with van der Waals surface area (Å²) in [5.74, 6) is -0.763. The Morgan fingerprint density at radius 2 is 1.83 bits per heavy atom. The normalized spacial score (nSPS) is 11.1. The van der Waals surface area contributed by atoms with Crippen LogP contribution in [0, 0.1) is 5.82 Å². The first-order chi connectivity index (χ1) is 10.8. The Balaban J connectivity index is 2.24. The number of hydrogen-bond acceptors (Lipinski definition) is 3. The lowest BCUT2D eigenvalue weighted by Crippen LogP contribution is -2.26. The second-order valence-electron chi connectivity index (χ2n) is 4.93. The Morgan fingerprint density at radius 1 is 1.17 bits per heavy atom. The predicted octanol–water partition coefficient (Wildman–Crippen LogP) is 2.86. The van der Waals surface area contributed by atoms with Crippen molar-refractivity contribution in [3.8, 4) is 0 Å². The lowest BCUT2D eigenvalue weighted by Gasteiger charge is -2.18. The second kappa shape index (κ2) is 6.78. The molecule has 2 aromatic carbocycles. The maximum absolute atomic E-state index is 12.9. The molecule has 7 heteroatoms. The number of carbonyl (C=O) groups is 1. The number of hydrogen-bond donors (Lipinski definition) is 1. The molecular formula is C16H17FN2O3S. The molecule has 1 amide bonds. The molecule has 0 radical (unpaired) electrons. The number of nitrogens with zero attached hydrogens (tertiary/aromatic N) is 1. The summed E-state index contributed by atoms with van der Waals surface area (Å²) < 4.78 is 38.5. The minimum Gasteiger partial charge on any atom is -0.311 e. The van der Waals surface area contributed by atoms with Crippen molar-refractivity contribution in [3.05, 3.63) is 59.9 Å². The third kappa shape index (κ3) is 4.29. The van der Waals surface area contributed by atoms with E-state index in [9.17, 15) is 17.6 Å². The Kier molecular flexibility index (Phi) is 5.00. The van der Waals surface area contributed by atoms with Crippen LogP contribution in [0.2, 0.25) is 0 Å². The number of amides is 1. The number of rotatable bonds is 5. The van der Waals surface area contributed by atoms with E-state index in [1.165, 1.54) is 42.2 Å². The Labute approximate surface area is 134 Å². The van der Waals surface area contributed by atoms with Crippen molar-refractivity contribution in [2.75, 3.05) is 22.4 Å². The van der Waals surface area contributed by atoms with Gasteiger partial charge in [-0.15, -0.1) is 0 Å². The summed E-state index contributed by atoms with van der Waals surface area (Å²) in [6, 6.07) is 11.8. The van der Waals surface area contributed by atoms with E-state index >= 15 is 0 Å². The maximum atomic E-state index is 12.9. The molecule has 0 aliphatic rings. The predicted molar refractivity (Wildman–Crippen MR) is 88.7 cm³/mol. The van der Waals surface area contributed by atoms with Gasteiger partial charge in [-0.25, -0.2) is 12.8 Å². The molecule has 2 rings (SSSR count). The van der Waals surface area contributed by atoms with E-state index < -0.39 is 10.0 Å². The van der Waals surface area contributed by atoms with Crippen LogP contribution in [0.5, 0.6) is 0 Å². The molecule has 122 valence electrons. The summed E-state index contributed by atoms with van der Waals surface area (Å²) in [5.41, 5.74) is 1.19. The van der Waals surface area contributed by atoms with E-state index in [1.807, 2.05) is 0 Å². The number of carbonyl (C=O) groups excluding carboxylic acids is 1. The van der Waals surface area contributed by atoms with Gasteiger partial charge >= 0.3 is 0 Å². The summed E-state index contributed by atoms with van der Waals surface area (Å²) in [6.45, 7) is 1.53. The molecule has 5 nitrogen and oxygen atoms in total. The van der Waals surface area contributed by atoms with E-state index in [1.54, 1.807) is 25.2 Å². The van der Waals surface area contributed by atoms with Gasteiger partial charge in [-0.1, -0.05) is 6.07 Å². The van der Waals surface area contributed by atoms with Crippen molar-refractivity contribution in [1.82, 2.24) is 0 Å². The van der Waals surface area contributed by atoms with Crippen LogP contribution in [0.4, 0.5) is 15.8 Å². The number of halogens is 1. The molecule has 0 fully saturated rings. The number of anilines is 2. The van der Waals surface area contributed by atoms with Gasteiger partial charge in [0, 0.05) is 24.0 Å². The topological polar surface area (TPSA) is 66.5 Å². The minimum absolute atomic E-state index is 0.0549. The van der Waals surface area contributed by atoms with Crippen molar-refractivity contribution in [1.29, 1.82) is 0 Å². The molecule has 23 heavy (non-hydrogen) atoms. The van der Waals surface area contributed by atoms with Gasteiger partial charge in [0.2, 0.25) is 10.0 Å². The monoisotopic (exact) mass is 336 g/mol. The van der Waals surface area contributed by atoms with Crippen molar-refractivity contribution in [2.45, 2.75) is 6.92 Å². The number of benzene rings is 2. The molecule has 0 aromatic heterocycles. The quantitative estimate of drug-likeness (QED) is 0.913. The number of sulfonamides is 1. The van der Waals surface area contributed by atoms with Crippen LogP contribution in [0.25, 0.3) is 0 Å². The molecule has 0 saturated heterocycles. The first-order valence-electron chi connectivity index (χ1n) is 6.96. The van der Waals surface area contributed by atoms with E-state index in [4.69, 9.17) is 0 Å². The molecule has 0 aliphatic heterocycles. The highest BCUT2D eigenvalue weighted by molar-refractivity contribution is 7.92. The first-order valence-corrected chi connectivity index (χ1v) is 8.62. The third-order valence-electron chi connectivity index (χ3n) is 3.28. The van der Waals surface area contributed by atoms with Crippen LogP contribution in [-0.2, 0) is 10.0 Å². The maximum Gasteiger partial charge on any atom is 0.258 e. The summed E-state index contributed by atoms with van der Waals surface area (Å²) in [5, 5.41) is 0. The second-order valence-corrected chi connectivity index (χ2v) is 6.94. The largest absolute Gasteiger partial charge is 0.311 e. The van der Waals surface area contributed by atoms with Crippen LogP contribution < -0.4 is 9.62 Å². The molecule has 0 saturated carbocycles. The molecule has 2 aromatic rings. The highest BCUT2D eigenvalue weighted by Crippen LogP contribution is 2.18. The van der Waals surface area contributed by atoms with Gasteiger partial charge < -0.3 is 4.90 Å². The van der Waals surface area contributed by atoms with Gasteiger partial charge in [-0.3, -0.25) is 9.52 Å². The minimum atomic E-state index is -3.41. The van der Waals surface area contributed by atoms with Crippen LogP contribution in [0.1, 0.15) is 17.3 Å². The Morgan fingerprint density at radius 3 is 2.43 bits per heavy atom. The van der Waals surface area contributed by atoms with Crippen molar-refractivity contribution < 1.29 is 17.6 Å². The van der Waals surface area contributed by atoms with Crippen molar-refractivity contribution >= 4 is 27.3 Å². The molecule has 0 heterocycles. The lowest BCUT2D eigenvalue weighted by atomic mass is 10.1. The van der Waals surface area contributed by atoms with Gasteiger partial charge in [-0.2, -0.15) is 0 Å². The zero-order valence-electron chi connectivity index (χ0n) is 12.8. The van der Waals surface area contributed by atoms with E-state index in [0.717, 1.165) is 0 Å². The molecule has 0 unspecified atom stereocenters. The van der Waals surface area contributed by atoms with Gasteiger partial charge in [0.1, 0.15) is 5.82 Å². The van der Waals surface area contributed by atoms with Gasteiger partial charge in [0.05, 0.1) is 5.75 Å². The fourth-order valence-electron chi connectivity index (χ4n) is 1.94. The highest BCUT2D eigenvalue weighted by atomic mass is 32.2. The Bertz CT molecular complexity index is 804. The van der Waals surface area contributed by atoms with Crippen molar-refractivity contribution in [2.24, 2.45) is 0 Å². The molecule has 1 N–H and O–H groups in total. The van der Waals surface area contributed by atoms with Gasteiger partial charge in [0.15, 0.2) is 0 Å². The van der Waals surface area contributed by atoms with Crippen LogP contribution in [0.15, 0.2) is 48.5 Å². The number of nitrogens with one attached hydrogen (secondary N) is 1. The third-order valence-corrected chi connectivity index (χ3v) is 4.59. The SMILES string of the molecule is CCS(=O)(=O)Nc1cccc(C(=O)N(C)c2ccc(F)cc2)c1. The van der Waals surface area contributed by atoms with E-state index in [2.05, 4.69) is 4.72 Å². The zero-order chi connectivity index (χ0) is 17.0. The molecule has 0 atom stereocenters.